The van der Waals surface area contributed by atoms with Crippen molar-refractivity contribution in [1.82, 2.24) is 4.90 Å². The van der Waals surface area contributed by atoms with E-state index < -0.39 is 0 Å². The summed E-state index contributed by atoms with van der Waals surface area (Å²) in [6, 6.07) is 5.46. The minimum atomic E-state index is -0.175. The topological polar surface area (TPSA) is 12.5 Å². The average molecular weight is 337 g/mol. The zero-order chi connectivity index (χ0) is 13.1. The van der Waals surface area contributed by atoms with E-state index in [0.29, 0.717) is 24.6 Å². The molecule has 0 aliphatic carbocycles. The molecule has 1 saturated heterocycles. The number of nitrogens with zero attached hydrogens (tertiary/aromatic N) is 1. The molecular formula is C13H16BrClFNO. The molecule has 0 N–H and O–H groups in total. The number of hydrogen-bond donors (Lipinski definition) is 0. The van der Waals surface area contributed by atoms with Crippen molar-refractivity contribution in [3.8, 4) is 0 Å². The van der Waals surface area contributed by atoms with Crippen molar-refractivity contribution in [3.63, 3.8) is 0 Å². The van der Waals surface area contributed by atoms with Gasteiger partial charge in [0.25, 0.3) is 0 Å². The normalized spacial score (nSPS) is 25.3. The molecule has 0 aromatic heterocycles. The molecule has 1 fully saturated rings. The Labute approximate surface area is 120 Å². The lowest BCUT2D eigenvalue weighted by molar-refractivity contribution is -0.0513. The molecule has 2 nitrogen and oxygen atoms in total. The van der Waals surface area contributed by atoms with Gasteiger partial charge in [0.05, 0.1) is 12.7 Å². The fraction of sp³-hybridized carbons (Fsp3) is 0.538. The summed E-state index contributed by atoms with van der Waals surface area (Å²) in [6.45, 7) is 4.08. The predicted molar refractivity (Wildman–Crippen MR) is 74.4 cm³/mol. The maximum absolute atomic E-state index is 13.8. The van der Waals surface area contributed by atoms with Gasteiger partial charge in [-0.1, -0.05) is 22.0 Å². The van der Waals surface area contributed by atoms with Gasteiger partial charge in [0, 0.05) is 35.0 Å². The quantitative estimate of drug-likeness (QED) is 0.784. The first-order valence-electron chi connectivity index (χ1n) is 5.95. The van der Waals surface area contributed by atoms with Crippen LogP contribution in [0.1, 0.15) is 12.5 Å². The van der Waals surface area contributed by atoms with Crippen LogP contribution in [-0.2, 0) is 11.3 Å². The molecule has 1 aliphatic heterocycles. The van der Waals surface area contributed by atoms with Gasteiger partial charge in [-0.15, -0.1) is 11.6 Å². The fourth-order valence-corrected chi connectivity index (χ4v) is 2.58. The molecule has 0 radical (unpaired) electrons. The lowest BCUT2D eigenvalue weighted by Gasteiger charge is -2.37. The van der Waals surface area contributed by atoms with Gasteiger partial charge >= 0.3 is 0 Å². The summed E-state index contributed by atoms with van der Waals surface area (Å²) in [7, 11) is 0. The molecule has 5 heteroatoms. The van der Waals surface area contributed by atoms with Crippen LogP contribution in [0.5, 0.6) is 0 Å². The molecule has 0 saturated carbocycles. The lowest BCUT2D eigenvalue weighted by Crippen LogP contribution is -2.48. The Hall–Kier alpha value is -0.160. The SMILES string of the molecule is CC1COC(CCl)CN1Cc1ccc(Br)cc1F. The Morgan fingerprint density at radius 2 is 2.33 bits per heavy atom. The van der Waals surface area contributed by atoms with E-state index in [9.17, 15) is 4.39 Å². The van der Waals surface area contributed by atoms with Crippen molar-refractivity contribution in [1.29, 1.82) is 0 Å². The maximum Gasteiger partial charge on any atom is 0.128 e. The molecule has 0 bridgehead atoms. The molecule has 1 aromatic carbocycles. The first-order valence-corrected chi connectivity index (χ1v) is 7.28. The van der Waals surface area contributed by atoms with E-state index in [-0.39, 0.29) is 18.0 Å². The highest BCUT2D eigenvalue weighted by atomic mass is 79.9. The van der Waals surface area contributed by atoms with Gasteiger partial charge < -0.3 is 4.74 Å². The van der Waals surface area contributed by atoms with Crippen LogP contribution in [0.3, 0.4) is 0 Å². The maximum atomic E-state index is 13.8. The number of hydrogen-bond acceptors (Lipinski definition) is 2. The third-order valence-corrected chi connectivity index (χ3v) is 4.03. The van der Waals surface area contributed by atoms with E-state index in [1.807, 2.05) is 12.1 Å². The number of rotatable bonds is 3. The summed E-state index contributed by atoms with van der Waals surface area (Å²) in [5, 5.41) is 0. The number of alkyl halides is 1. The molecule has 1 aliphatic rings. The van der Waals surface area contributed by atoms with Gasteiger partial charge in [0.2, 0.25) is 0 Å². The summed E-state index contributed by atoms with van der Waals surface area (Å²) >= 11 is 9.08. The van der Waals surface area contributed by atoms with Gasteiger partial charge in [-0.2, -0.15) is 0 Å². The molecule has 2 rings (SSSR count). The van der Waals surface area contributed by atoms with Crippen LogP contribution in [0.25, 0.3) is 0 Å². The van der Waals surface area contributed by atoms with Crippen LogP contribution >= 0.6 is 27.5 Å². The van der Waals surface area contributed by atoms with Crippen LogP contribution in [0, 0.1) is 5.82 Å². The lowest BCUT2D eigenvalue weighted by atomic mass is 10.1. The highest BCUT2D eigenvalue weighted by Crippen LogP contribution is 2.20. The summed E-state index contributed by atoms with van der Waals surface area (Å²) < 4.78 is 20.1. The first kappa shape index (κ1) is 14.3. The van der Waals surface area contributed by atoms with Crippen molar-refractivity contribution in [2.45, 2.75) is 25.6 Å². The Bertz CT molecular complexity index is 418. The van der Waals surface area contributed by atoms with Crippen LogP contribution in [0.2, 0.25) is 0 Å². The zero-order valence-electron chi connectivity index (χ0n) is 10.2. The minimum absolute atomic E-state index is 0.0429. The third-order valence-electron chi connectivity index (χ3n) is 3.20. The second-order valence-corrected chi connectivity index (χ2v) is 5.85. The molecule has 18 heavy (non-hydrogen) atoms. The molecule has 100 valence electrons. The summed E-state index contributed by atoms with van der Waals surface area (Å²) in [4.78, 5) is 2.21. The molecule has 2 unspecified atom stereocenters. The van der Waals surface area contributed by atoms with Crippen LogP contribution < -0.4 is 0 Å². The van der Waals surface area contributed by atoms with Crippen LogP contribution in [-0.4, -0.2) is 36.1 Å². The number of benzene rings is 1. The summed E-state index contributed by atoms with van der Waals surface area (Å²) in [6.07, 6.45) is 0.0429. The number of halogens is 3. The van der Waals surface area contributed by atoms with Gasteiger partial charge in [-0.3, -0.25) is 4.90 Å². The largest absolute Gasteiger partial charge is 0.374 e. The van der Waals surface area contributed by atoms with E-state index in [2.05, 4.69) is 27.8 Å². The van der Waals surface area contributed by atoms with E-state index >= 15 is 0 Å². The third kappa shape index (κ3) is 3.44. The van der Waals surface area contributed by atoms with E-state index in [4.69, 9.17) is 16.3 Å². The molecular weight excluding hydrogens is 321 g/mol. The van der Waals surface area contributed by atoms with Gasteiger partial charge in [-0.05, 0) is 19.1 Å². The van der Waals surface area contributed by atoms with Crippen LogP contribution in [0.15, 0.2) is 22.7 Å². The highest BCUT2D eigenvalue weighted by Gasteiger charge is 2.26. The molecule has 0 amide bonds. The molecule has 2 atom stereocenters. The Morgan fingerprint density at radius 1 is 1.56 bits per heavy atom. The Morgan fingerprint density at radius 3 is 3.00 bits per heavy atom. The van der Waals surface area contributed by atoms with Crippen molar-refractivity contribution in [2.75, 3.05) is 19.0 Å². The minimum Gasteiger partial charge on any atom is -0.374 e. The van der Waals surface area contributed by atoms with Gasteiger partial charge in [0.1, 0.15) is 5.82 Å². The average Bonchev–Trinajstić information content (AvgIpc) is 2.35. The molecule has 1 aromatic rings. The molecule has 0 spiro atoms. The summed E-state index contributed by atoms with van der Waals surface area (Å²) in [5.74, 6) is 0.303. The first-order chi connectivity index (χ1) is 8.60. The number of ether oxygens (including phenoxy) is 1. The van der Waals surface area contributed by atoms with Crippen molar-refractivity contribution in [3.05, 3.63) is 34.1 Å². The number of morpholine rings is 1. The highest BCUT2D eigenvalue weighted by molar-refractivity contribution is 9.10. The van der Waals surface area contributed by atoms with E-state index in [0.717, 1.165) is 11.0 Å². The van der Waals surface area contributed by atoms with Gasteiger partial charge in [-0.25, -0.2) is 4.39 Å². The molecule has 1 heterocycles. The Kier molecular flexibility index (Phi) is 5.01. The zero-order valence-corrected chi connectivity index (χ0v) is 12.5. The summed E-state index contributed by atoms with van der Waals surface area (Å²) in [5.41, 5.74) is 0.709. The monoisotopic (exact) mass is 335 g/mol. The van der Waals surface area contributed by atoms with E-state index in [1.54, 1.807) is 0 Å². The second kappa shape index (κ2) is 6.33. The second-order valence-electron chi connectivity index (χ2n) is 4.62. The smallest absolute Gasteiger partial charge is 0.128 e. The van der Waals surface area contributed by atoms with Crippen molar-refractivity contribution < 1.29 is 9.13 Å². The Balaban J connectivity index is 2.07. The van der Waals surface area contributed by atoms with Crippen LogP contribution in [0.4, 0.5) is 4.39 Å². The standard InChI is InChI=1S/C13H16BrClFNO/c1-9-8-18-12(5-15)7-17(9)6-10-2-3-11(14)4-13(10)16/h2-4,9,12H,5-8H2,1H3. The van der Waals surface area contributed by atoms with Crippen molar-refractivity contribution in [2.24, 2.45) is 0 Å². The fourth-order valence-electron chi connectivity index (χ4n) is 2.06. The predicted octanol–water partition coefficient (Wildman–Crippen LogP) is 3.42. The van der Waals surface area contributed by atoms with Crippen molar-refractivity contribution >= 4 is 27.5 Å². The van der Waals surface area contributed by atoms with E-state index in [1.165, 1.54) is 6.07 Å². The van der Waals surface area contributed by atoms with Gasteiger partial charge in [0.15, 0.2) is 0 Å².